The van der Waals surface area contributed by atoms with Gasteiger partial charge in [0.25, 0.3) is 11.8 Å². The first-order valence-corrected chi connectivity index (χ1v) is 9.62. The van der Waals surface area contributed by atoms with Crippen LogP contribution >= 0.6 is 0 Å². The van der Waals surface area contributed by atoms with Gasteiger partial charge >= 0.3 is 11.9 Å². The van der Waals surface area contributed by atoms with Crippen molar-refractivity contribution in [3.63, 3.8) is 0 Å². The van der Waals surface area contributed by atoms with Gasteiger partial charge in [0.2, 0.25) is 0 Å². The molecule has 0 aromatic carbocycles. The maximum absolute atomic E-state index is 12.5. The Morgan fingerprint density at radius 2 is 1.46 bits per heavy atom. The van der Waals surface area contributed by atoms with Crippen LogP contribution in [-0.4, -0.2) is 39.8 Å². The molecule has 0 bridgehead atoms. The van der Waals surface area contributed by atoms with Crippen molar-refractivity contribution in [3.8, 4) is 0 Å². The van der Waals surface area contributed by atoms with Gasteiger partial charge in [0.1, 0.15) is 6.04 Å². The first-order valence-electron chi connectivity index (χ1n) is 9.62. The number of unbranched alkanes of at least 4 members (excludes halogenated alkanes) is 4. The number of hydrogen-bond acceptors (Lipinski definition) is 5. The molecule has 0 heterocycles. The lowest BCUT2D eigenvalue weighted by Crippen LogP contribution is -2.48. The Kier molecular flexibility index (Phi) is 13.9. The number of hydrogen-bond donors (Lipinski definition) is 1. The molecule has 7 heteroatoms. The van der Waals surface area contributed by atoms with Crippen LogP contribution in [0.2, 0.25) is 0 Å². The van der Waals surface area contributed by atoms with Crippen molar-refractivity contribution in [3.05, 3.63) is 36.6 Å². The smallest absolute Gasteiger partial charge is 0.327 e. The molecular formula is C21H31NO6. The molecule has 2 amide bonds. The highest BCUT2D eigenvalue weighted by Crippen LogP contribution is 2.11. The van der Waals surface area contributed by atoms with E-state index in [9.17, 15) is 24.3 Å². The normalized spacial score (nSPS) is 12.5. The molecule has 0 radical (unpaired) electrons. The molecule has 0 spiro atoms. The highest BCUT2D eigenvalue weighted by Gasteiger charge is 2.35. The number of carboxylic acid groups (broad SMARTS) is 1. The number of ether oxygens (including phenoxy) is 1. The molecule has 0 saturated carbocycles. The number of rotatable bonds is 13. The molecule has 7 nitrogen and oxygen atoms in total. The third-order valence-electron chi connectivity index (χ3n) is 3.74. The fourth-order valence-corrected chi connectivity index (χ4v) is 2.23. The molecule has 0 aromatic heterocycles. The molecule has 0 aliphatic rings. The molecule has 0 aromatic rings. The fourth-order valence-electron chi connectivity index (χ4n) is 2.23. The predicted molar refractivity (Wildman–Crippen MR) is 106 cm³/mol. The van der Waals surface area contributed by atoms with Gasteiger partial charge in [0.15, 0.2) is 0 Å². The molecular weight excluding hydrogens is 362 g/mol. The van der Waals surface area contributed by atoms with E-state index in [1.165, 1.54) is 18.2 Å². The third-order valence-corrected chi connectivity index (χ3v) is 3.74. The summed E-state index contributed by atoms with van der Waals surface area (Å²) in [6, 6.07) is -1.65. The summed E-state index contributed by atoms with van der Waals surface area (Å²) >= 11 is 0. The van der Waals surface area contributed by atoms with E-state index in [1.54, 1.807) is 19.1 Å². The van der Waals surface area contributed by atoms with Crippen molar-refractivity contribution in [2.45, 2.75) is 71.8 Å². The zero-order chi connectivity index (χ0) is 21.4. The summed E-state index contributed by atoms with van der Waals surface area (Å²) in [5.41, 5.74) is 0. The highest BCUT2D eigenvalue weighted by molar-refractivity contribution is 6.08. The van der Waals surface area contributed by atoms with Gasteiger partial charge in [-0.05, 0) is 31.9 Å². The predicted octanol–water partition coefficient (Wildman–Crippen LogP) is 3.75. The number of esters is 1. The number of amides is 2. The summed E-state index contributed by atoms with van der Waals surface area (Å²) in [4.78, 5) is 49.2. The molecule has 156 valence electrons. The molecule has 1 unspecified atom stereocenters. The Balaban J connectivity index is 5.54. The van der Waals surface area contributed by atoms with Crippen molar-refractivity contribution in [2.24, 2.45) is 0 Å². The van der Waals surface area contributed by atoms with Crippen LogP contribution in [0.1, 0.15) is 65.7 Å². The van der Waals surface area contributed by atoms with Crippen molar-refractivity contribution >= 4 is 23.8 Å². The number of aliphatic carboxylic acids is 1. The number of carboxylic acids is 1. The van der Waals surface area contributed by atoms with Crippen molar-refractivity contribution in [2.75, 3.05) is 0 Å². The average molecular weight is 393 g/mol. The van der Waals surface area contributed by atoms with Gasteiger partial charge < -0.3 is 9.84 Å². The van der Waals surface area contributed by atoms with E-state index in [0.717, 1.165) is 31.9 Å². The number of allylic oxidation sites excluding steroid dienone is 3. The second kappa shape index (κ2) is 15.4. The van der Waals surface area contributed by atoms with Crippen LogP contribution in [0.4, 0.5) is 0 Å². The minimum absolute atomic E-state index is 0.601. The van der Waals surface area contributed by atoms with Gasteiger partial charge in [-0.2, -0.15) is 0 Å². The lowest BCUT2D eigenvalue weighted by atomic mass is 10.1. The fraction of sp³-hybridized carbons (Fsp3) is 0.524. The molecule has 0 saturated heterocycles. The second-order valence-corrected chi connectivity index (χ2v) is 6.15. The Morgan fingerprint density at radius 3 is 1.86 bits per heavy atom. The minimum atomic E-state index is -1.65. The van der Waals surface area contributed by atoms with E-state index in [2.05, 4.69) is 0 Å². The standard InChI is InChI=1S/C21H31NO6/c1-4-7-9-11-13-18(23)22(19(24)14-12-10-8-5-2)17(21(26)27)16-20(25)28-15-6-3/h6,11-15,17H,4-5,7-10,16H2,1-3H3,(H,26,27)/b13-11+,14-12+,15-6+. The van der Waals surface area contributed by atoms with Gasteiger partial charge in [0, 0.05) is 0 Å². The number of carbonyl (C=O) groups is 4. The Bertz CT molecular complexity index is 576. The molecule has 0 aliphatic heterocycles. The van der Waals surface area contributed by atoms with Crippen LogP contribution in [-0.2, 0) is 23.9 Å². The first kappa shape index (κ1) is 25.3. The summed E-state index contributed by atoms with van der Waals surface area (Å²) in [6.07, 6.45) is 12.4. The van der Waals surface area contributed by atoms with Crippen LogP contribution in [0.3, 0.4) is 0 Å². The number of nitrogens with zero attached hydrogens (tertiary/aromatic N) is 1. The molecule has 0 fully saturated rings. The summed E-state index contributed by atoms with van der Waals surface area (Å²) in [5.74, 6) is -3.84. The summed E-state index contributed by atoms with van der Waals surface area (Å²) in [7, 11) is 0. The lowest BCUT2D eigenvalue weighted by molar-refractivity contribution is -0.157. The van der Waals surface area contributed by atoms with E-state index >= 15 is 0 Å². The van der Waals surface area contributed by atoms with Crippen LogP contribution in [0.5, 0.6) is 0 Å². The van der Waals surface area contributed by atoms with Gasteiger partial charge in [-0.1, -0.05) is 57.8 Å². The SMILES string of the molecule is C/C=C/OC(=O)CC(C(=O)O)N(C(=O)/C=C/CCCC)C(=O)/C=C/CCCC. The topological polar surface area (TPSA) is 101 Å². The molecule has 28 heavy (non-hydrogen) atoms. The number of imide groups is 1. The molecule has 1 atom stereocenters. The van der Waals surface area contributed by atoms with Gasteiger partial charge in [-0.15, -0.1) is 0 Å². The summed E-state index contributed by atoms with van der Waals surface area (Å²) in [6.45, 7) is 5.64. The third kappa shape index (κ3) is 10.4. The quantitative estimate of drug-likeness (QED) is 0.221. The Labute approximate surface area is 166 Å². The van der Waals surface area contributed by atoms with Crippen LogP contribution in [0.15, 0.2) is 36.6 Å². The van der Waals surface area contributed by atoms with Crippen LogP contribution in [0.25, 0.3) is 0 Å². The van der Waals surface area contributed by atoms with Gasteiger partial charge in [-0.3, -0.25) is 19.3 Å². The van der Waals surface area contributed by atoms with Crippen molar-refractivity contribution in [1.82, 2.24) is 4.90 Å². The van der Waals surface area contributed by atoms with Crippen LogP contribution in [0, 0.1) is 0 Å². The minimum Gasteiger partial charge on any atom is -0.480 e. The Morgan fingerprint density at radius 1 is 0.964 bits per heavy atom. The molecule has 0 rings (SSSR count). The van der Waals surface area contributed by atoms with E-state index in [1.807, 2.05) is 13.8 Å². The lowest BCUT2D eigenvalue weighted by Gasteiger charge is -2.24. The zero-order valence-electron chi connectivity index (χ0n) is 16.9. The van der Waals surface area contributed by atoms with Gasteiger partial charge in [-0.25, -0.2) is 4.79 Å². The average Bonchev–Trinajstić information content (AvgIpc) is 2.66. The van der Waals surface area contributed by atoms with E-state index in [-0.39, 0.29) is 0 Å². The summed E-state index contributed by atoms with van der Waals surface area (Å²) in [5, 5.41) is 9.51. The zero-order valence-corrected chi connectivity index (χ0v) is 16.9. The Hall–Kier alpha value is -2.70. The highest BCUT2D eigenvalue weighted by atomic mass is 16.5. The number of carbonyl (C=O) groups excluding carboxylic acids is 3. The molecule has 0 aliphatic carbocycles. The van der Waals surface area contributed by atoms with Crippen molar-refractivity contribution < 1.29 is 29.0 Å². The maximum Gasteiger partial charge on any atom is 0.327 e. The van der Waals surface area contributed by atoms with E-state index < -0.39 is 36.2 Å². The van der Waals surface area contributed by atoms with E-state index in [4.69, 9.17) is 4.74 Å². The largest absolute Gasteiger partial charge is 0.480 e. The maximum atomic E-state index is 12.5. The van der Waals surface area contributed by atoms with Gasteiger partial charge in [0.05, 0.1) is 12.7 Å². The first-order chi connectivity index (χ1) is 13.4. The second-order valence-electron chi connectivity index (χ2n) is 6.15. The summed E-state index contributed by atoms with van der Waals surface area (Å²) < 4.78 is 4.74. The monoisotopic (exact) mass is 393 g/mol. The van der Waals surface area contributed by atoms with Crippen LogP contribution < -0.4 is 0 Å². The van der Waals surface area contributed by atoms with E-state index in [0.29, 0.717) is 17.7 Å². The molecule has 1 N–H and O–H groups in total. The van der Waals surface area contributed by atoms with Crippen molar-refractivity contribution in [1.29, 1.82) is 0 Å².